The Hall–Kier alpha value is -2.83. The van der Waals surface area contributed by atoms with Crippen molar-refractivity contribution in [3.8, 4) is 0 Å². The normalized spacial score (nSPS) is 23.8. The molecule has 12 heteroatoms. The molecule has 4 atom stereocenters. The zero-order valence-corrected chi connectivity index (χ0v) is 17.6. The summed E-state index contributed by atoms with van der Waals surface area (Å²) < 4.78 is 17.3. The van der Waals surface area contributed by atoms with Crippen LogP contribution < -0.4 is 5.73 Å². The second-order valence-corrected chi connectivity index (χ2v) is 8.53. The fourth-order valence-electron chi connectivity index (χ4n) is 2.97. The number of nitrogen functional groups attached to an aromatic ring is 1. The zero-order chi connectivity index (χ0) is 22.8. The summed E-state index contributed by atoms with van der Waals surface area (Å²) in [5, 5.41) is 20.7. The van der Waals surface area contributed by atoms with Crippen molar-refractivity contribution in [2.75, 3.05) is 18.9 Å². The van der Waals surface area contributed by atoms with E-state index in [0.717, 1.165) is 0 Å². The number of ether oxygens (including phenoxy) is 3. The van der Waals surface area contributed by atoms with Crippen LogP contribution in [-0.4, -0.2) is 73.2 Å². The molecule has 0 saturated carbocycles. The number of nitrogens with zero attached hydrogens (tertiary/aromatic N) is 4. The van der Waals surface area contributed by atoms with Crippen molar-refractivity contribution in [1.82, 2.24) is 19.5 Å². The zero-order valence-electron chi connectivity index (χ0n) is 17.6. The molecule has 0 radical (unpaired) electrons. The Balaban J connectivity index is 1.52. The van der Waals surface area contributed by atoms with Gasteiger partial charge < -0.3 is 30.2 Å². The van der Waals surface area contributed by atoms with E-state index >= 15 is 0 Å². The van der Waals surface area contributed by atoms with Gasteiger partial charge in [-0.15, -0.1) is 0 Å². The molecule has 0 bridgehead atoms. The number of imidazole rings is 1. The highest BCUT2D eigenvalue weighted by atomic mass is 16.6. The fourth-order valence-corrected chi connectivity index (χ4v) is 2.97. The summed E-state index contributed by atoms with van der Waals surface area (Å²) in [7, 11) is 0. The predicted molar refractivity (Wildman–Crippen MR) is 106 cm³/mol. The number of hydrogen-bond acceptors (Lipinski definition) is 11. The topological polar surface area (TPSA) is 172 Å². The van der Waals surface area contributed by atoms with Gasteiger partial charge in [0, 0.05) is 0 Å². The van der Waals surface area contributed by atoms with Crippen LogP contribution >= 0.6 is 0 Å². The molecule has 0 aliphatic carbocycles. The van der Waals surface area contributed by atoms with Crippen LogP contribution in [0.5, 0.6) is 0 Å². The van der Waals surface area contributed by atoms with Crippen molar-refractivity contribution in [3.05, 3.63) is 12.7 Å². The number of esters is 2. The molecule has 12 nitrogen and oxygen atoms in total. The van der Waals surface area contributed by atoms with Crippen molar-refractivity contribution < 1.29 is 34.0 Å². The molecule has 4 N–H and O–H groups in total. The number of aliphatic hydroxyl groups excluding tert-OH is 2. The van der Waals surface area contributed by atoms with Crippen LogP contribution in [0, 0.1) is 5.41 Å². The highest BCUT2D eigenvalue weighted by Crippen LogP contribution is 2.32. The van der Waals surface area contributed by atoms with Crippen LogP contribution in [-0.2, 0) is 23.8 Å². The first kappa shape index (κ1) is 22.8. The number of carbonyl (C=O) groups is 2. The highest BCUT2D eigenvalue weighted by molar-refractivity contribution is 5.81. The van der Waals surface area contributed by atoms with Crippen molar-refractivity contribution in [2.45, 2.75) is 58.2 Å². The Kier molecular flexibility index (Phi) is 6.72. The van der Waals surface area contributed by atoms with Crippen molar-refractivity contribution in [3.63, 3.8) is 0 Å². The van der Waals surface area contributed by atoms with Gasteiger partial charge in [-0.25, -0.2) is 15.0 Å². The van der Waals surface area contributed by atoms with E-state index in [1.54, 1.807) is 0 Å². The quantitative estimate of drug-likeness (QED) is 0.495. The molecule has 0 spiro atoms. The van der Waals surface area contributed by atoms with E-state index in [1.807, 2.05) is 20.8 Å². The Morgan fingerprint density at radius 1 is 1.13 bits per heavy atom. The molecular formula is C19H27N5O7. The minimum absolute atomic E-state index is 0.115. The molecule has 1 aliphatic heterocycles. The van der Waals surface area contributed by atoms with E-state index in [1.165, 1.54) is 17.2 Å². The predicted octanol–water partition coefficient (Wildman–Crippen LogP) is -0.0596. The summed E-state index contributed by atoms with van der Waals surface area (Å²) in [4.78, 5) is 35.7. The van der Waals surface area contributed by atoms with Crippen molar-refractivity contribution >= 4 is 28.9 Å². The second kappa shape index (κ2) is 9.12. The van der Waals surface area contributed by atoms with Crippen molar-refractivity contribution in [2.24, 2.45) is 5.41 Å². The van der Waals surface area contributed by atoms with Gasteiger partial charge in [-0.2, -0.15) is 0 Å². The Bertz CT molecular complexity index is 941. The largest absolute Gasteiger partial charge is 0.465 e. The van der Waals surface area contributed by atoms with E-state index in [0.29, 0.717) is 11.2 Å². The van der Waals surface area contributed by atoms with E-state index in [9.17, 15) is 19.8 Å². The third-order valence-electron chi connectivity index (χ3n) is 4.61. The number of carbonyl (C=O) groups excluding carboxylic acids is 2. The third-order valence-corrected chi connectivity index (χ3v) is 4.61. The summed E-state index contributed by atoms with van der Waals surface area (Å²) in [5.41, 5.74) is 6.26. The summed E-state index contributed by atoms with van der Waals surface area (Å²) in [5.74, 6) is -0.967. The van der Waals surface area contributed by atoms with E-state index in [-0.39, 0.29) is 37.3 Å². The number of anilines is 1. The van der Waals surface area contributed by atoms with E-state index in [2.05, 4.69) is 15.0 Å². The number of aromatic nitrogens is 4. The molecular weight excluding hydrogens is 410 g/mol. The lowest BCUT2D eigenvalue weighted by molar-refractivity contribution is -0.155. The number of fused-ring (bicyclic) bond motifs is 1. The Labute approximate surface area is 178 Å². The van der Waals surface area contributed by atoms with Crippen LogP contribution in [0.3, 0.4) is 0 Å². The minimum atomic E-state index is -1.32. The van der Waals surface area contributed by atoms with Gasteiger partial charge in [0.15, 0.2) is 17.7 Å². The summed E-state index contributed by atoms with van der Waals surface area (Å²) in [6.07, 6.45) is -2.28. The average molecular weight is 437 g/mol. The van der Waals surface area contributed by atoms with E-state index in [4.69, 9.17) is 19.9 Å². The number of rotatable bonds is 7. The molecule has 2 aromatic rings. The molecule has 0 aromatic carbocycles. The third kappa shape index (κ3) is 5.46. The molecule has 1 saturated heterocycles. The number of hydrogen-bond donors (Lipinski definition) is 3. The lowest BCUT2D eigenvalue weighted by atomic mass is 9.99. The van der Waals surface area contributed by atoms with Crippen LogP contribution in [0.15, 0.2) is 12.7 Å². The molecule has 0 amide bonds. The maximum absolute atomic E-state index is 11.9. The Morgan fingerprint density at radius 2 is 1.81 bits per heavy atom. The molecule has 2 aromatic heterocycles. The SMILES string of the molecule is CC(C)(C)COC(=O)CCC(=O)OC[C@@H]1O[C@H](n2cnc3c(N)ncnc32)[C@@H](O)[C@H]1O. The number of nitrogens with two attached hydrogens (primary N) is 1. The first-order chi connectivity index (χ1) is 14.6. The molecule has 3 heterocycles. The first-order valence-electron chi connectivity index (χ1n) is 9.82. The van der Waals surface area contributed by atoms with Crippen LogP contribution in [0.2, 0.25) is 0 Å². The maximum atomic E-state index is 11.9. The lowest BCUT2D eigenvalue weighted by Crippen LogP contribution is -2.34. The number of aliphatic hydroxyl groups is 2. The van der Waals surface area contributed by atoms with Crippen molar-refractivity contribution in [1.29, 1.82) is 0 Å². The van der Waals surface area contributed by atoms with Gasteiger partial charge in [0.2, 0.25) is 0 Å². The first-order valence-corrected chi connectivity index (χ1v) is 9.82. The summed E-state index contributed by atoms with van der Waals surface area (Å²) >= 11 is 0. The van der Waals surface area contributed by atoms with Gasteiger partial charge in [0.05, 0.1) is 25.8 Å². The van der Waals surface area contributed by atoms with Gasteiger partial charge in [0.25, 0.3) is 0 Å². The van der Waals surface area contributed by atoms with E-state index < -0.39 is 36.5 Å². The summed E-state index contributed by atoms with van der Waals surface area (Å²) in [6, 6.07) is 0. The van der Waals surface area contributed by atoms with Crippen LogP contribution in [0.4, 0.5) is 5.82 Å². The standard InChI is InChI=1S/C19H27N5O7/c1-19(2,3)7-30-12(26)5-4-11(25)29-6-10-14(27)15(28)18(31-10)24-9-23-13-16(20)21-8-22-17(13)24/h8-10,14-15,18,27-28H,4-7H2,1-3H3,(H2,20,21,22)/t10-,14-,15-,18-/m0/s1. The molecule has 170 valence electrons. The highest BCUT2D eigenvalue weighted by Gasteiger charge is 2.45. The Morgan fingerprint density at radius 3 is 2.48 bits per heavy atom. The van der Waals surface area contributed by atoms with Gasteiger partial charge >= 0.3 is 11.9 Å². The molecule has 3 rings (SSSR count). The van der Waals surface area contributed by atoms with Gasteiger partial charge in [-0.05, 0) is 5.41 Å². The second-order valence-electron chi connectivity index (χ2n) is 8.53. The molecule has 1 fully saturated rings. The smallest absolute Gasteiger partial charge is 0.306 e. The van der Waals surface area contributed by atoms with Gasteiger partial charge in [0.1, 0.15) is 36.8 Å². The van der Waals surface area contributed by atoms with Crippen LogP contribution in [0.1, 0.15) is 39.8 Å². The van der Waals surface area contributed by atoms with Gasteiger partial charge in [-0.3, -0.25) is 14.2 Å². The van der Waals surface area contributed by atoms with Gasteiger partial charge in [-0.1, -0.05) is 20.8 Å². The monoisotopic (exact) mass is 437 g/mol. The fraction of sp³-hybridized carbons (Fsp3) is 0.632. The molecule has 31 heavy (non-hydrogen) atoms. The average Bonchev–Trinajstić information content (AvgIpc) is 3.25. The molecule has 1 aliphatic rings. The van der Waals surface area contributed by atoms with Crippen LogP contribution in [0.25, 0.3) is 11.2 Å². The maximum Gasteiger partial charge on any atom is 0.306 e. The summed E-state index contributed by atoms with van der Waals surface area (Å²) in [6.45, 7) is 5.74. The minimum Gasteiger partial charge on any atom is -0.465 e. The lowest BCUT2D eigenvalue weighted by Gasteiger charge is -2.17. The molecule has 0 unspecified atom stereocenters.